The molecule has 0 fully saturated rings. The number of ether oxygens (including phenoxy) is 1. The van der Waals surface area contributed by atoms with Gasteiger partial charge in [-0.15, -0.1) is 0 Å². The molecule has 0 radical (unpaired) electrons. The predicted octanol–water partition coefficient (Wildman–Crippen LogP) is 4.37. The smallest absolute Gasteiger partial charge is 0.227 e. The minimum atomic E-state index is 0.0630. The third-order valence-electron chi connectivity index (χ3n) is 4.23. The third kappa shape index (κ3) is 4.76. The van der Waals surface area contributed by atoms with E-state index in [2.05, 4.69) is 0 Å². The van der Waals surface area contributed by atoms with Crippen LogP contribution in [0.2, 0.25) is 0 Å². The second-order valence-corrected chi connectivity index (χ2v) is 6.27. The van der Waals surface area contributed by atoms with Crippen molar-refractivity contribution in [2.45, 2.75) is 26.4 Å². The first-order valence-corrected chi connectivity index (χ1v) is 8.64. The van der Waals surface area contributed by atoms with Gasteiger partial charge in [0.1, 0.15) is 17.3 Å². The Morgan fingerprint density at radius 2 is 1.65 bits per heavy atom. The molecule has 2 aromatic carbocycles. The van der Waals surface area contributed by atoms with E-state index >= 15 is 0 Å². The monoisotopic (exact) mass is 349 g/mol. The van der Waals surface area contributed by atoms with Crippen LogP contribution in [-0.2, 0) is 24.3 Å². The SMILES string of the molecule is COc1ccc(CC(=O)N(Cc2ccccc2)Cc2ccc(C)o2)cc1. The van der Waals surface area contributed by atoms with Crippen LogP contribution in [0, 0.1) is 6.92 Å². The average Bonchev–Trinajstić information content (AvgIpc) is 3.07. The van der Waals surface area contributed by atoms with Gasteiger partial charge in [0, 0.05) is 6.54 Å². The van der Waals surface area contributed by atoms with E-state index in [1.807, 2.05) is 78.6 Å². The zero-order valence-electron chi connectivity index (χ0n) is 15.1. The third-order valence-corrected chi connectivity index (χ3v) is 4.23. The highest BCUT2D eigenvalue weighted by molar-refractivity contribution is 5.78. The Balaban J connectivity index is 1.75. The van der Waals surface area contributed by atoms with Crippen LogP contribution in [0.1, 0.15) is 22.6 Å². The molecular weight excluding hydrogens is 326 g/mol. The summed E-state index contributed by atoms with van der Waals surface area (Å²) in [5.41, 5.74) is 2.06. The number of rotatable bonds is 7. The summed E-state index contributed by atoms with van der Waals surface area (Å²) in [6, 6.07) is 21.4. The summed E-state index contributed by atoms with van der Waals surface area (Å²) in [5.74, 6) is 2.49. The summed E-state index contributed by atoms with van der Waals surface area (Å²) >= 11 is 0. The highest BCUT2D eigenvalue weighted by atomic mass is 16.5. The Morgan fingerprint density at radius 1 is 0.923 bits per heavy atom. The Hall–Kier alpha value is -3.01. The summed E-state index contributed by atoms with van der Waals surface area (Å²) in [6.45, 7) is 2.91. The van der Waals surface area contributed by atoms with Gasteiger partial charge in [0.05, 0.1) is 20.1 Å². The van der Waals surface area contributed by atoms with Gasteiger partial charge in [-0.3, -0.25) is 4.79 Å². The number of aryl methyl sites for hydroxylation is 1. The summed E-state index contributed by atoms with van der Waals surface area (Å²) < 4.78 is 10.8. The van der Waals surface area contributed by atoms with E-state index in [1.54, 1.807) is 7.11 Å². The van der Waals surface area contributed by atoms with Gasteiger partial charge >= 0.3 is 0 Å². The van der Waals surface area contributed by atoms with Crippen molar-refractivity contribution in [1.82, 2.24) is 4.90 Å². The lowest BCUT2D eigenvalue weighted by atomic mass is 10.1. The van der Waals surface area contributed by atoms with Gasteiger partial charge in [-0.2, -0.15) is 0 Å². The van der Waals surface area contributed by atoms with Crippen molar-refractivity contribution in [1.29, 1.82) is 0 Å². The van der Waals surface area contributed by atoms with Crippen molar-refractivity contribution in [2.75, 3.05) is 7.11 Å². The van der Waals surface area contributed by atoms with Gasteiger partial charge in [0.25, 0.3) is 0 Å². The second kappa shape index (κ2) is 8.39. The van der Waals surface area contributed by atoms with Crippen molar-refractivity contribution in [3.05, 3.63) is 89.4 Å². The summed E-state index contributed by atoms with van der Waals surface area (Å²) in [7, 11) is 1.63. The number of carbonyl (C=O) groups is 1. The standard InChI is InChI=1S/C22H23NO3/c1-17-8-11-21(26-17)16-23(15-19-6-4-3-5-7-19)22(24)14-18-9-12-20(25-2)13-10-18/h3-13H,14-16H2,1-2H3. The molecule has 0 unspecified atom stereocenters. The van der Waals surface area contributed by atoms with E-state index in [4.69, 9.17) is 9.15 Å². The molecule has 0 aliphatic heterocycles. The van der Waals surface area contributed by atoms with E-state index in [1.165, 1.54) is 0 Å². The molecule has 3 aromatic rings. The van der Waals surface area contributed by atoms with Gasteiger partial charge in [-0.25, -0.2) is 0 Å². The first kappa shape index (κ1) is 17.8. The molecule has 0 bridgehead atoms. The number of carbonyl (C=O) groups excluding carboxylic acids is 1. The Bertz CT molecular complexity index is 837. The average molecular weight is 349 g/mol. The molecule has 1 heterocycles. The number of nitrogens with zero attached hydrogens (tertiary/aromatic N) is 1. The first-order chi connectivity index (χ1) is 12.6. The van der Waals surface area contributed by atoms with Crippen LogP contribution in [-0.4, -0.2) is 17.9 Å². The quantitative estimate of drug-likeness (QED) is 0.636. The highest BCUT2D eigenvalue weighted by Crippen LogP contribution is 2.16. The van der Waals surface area contributed by atoms with Crippen molar-refractivity contribution >= 4 is 5.91 Å². The Labute approximate surface area is 154 Å². The van der Waals surface area contributed by atoms with Crippen LogP contribution in [0.25, 0.3) is 0 Å². The molecule has 0 spiro atoms. The molecule has 0 N–H and O–H groups in total. The predicted molar refractivity (Wildman–Crippen MR) is 101 cm³/mol. The number of furan rings is 1. The lowest BCUT2D eigenvalue weighted by Gasteiger charge is -2.22. The molecule has 4 nitrogen and oxygen atoms in total. The molecule has 0 saturated heterocycles. The van der Waals surface area contributed by atoms with E-state index < -0.39 is 0 Å². The van der Waals surface area contributed by atoms with Gasteiger partial charge < -0.3 is 14.1 Å². The van der Waals surface area contributed by atoms with Crippen LogP contribution >= 0.6 is 0 Å². The lowest BCUT2D eigenvalue weighted by Crippen LogP contribution is -2.31. The van der Waals surface area contributed by atoms with Gasteiger partial charge in [0.15, 0.2) is 0 Å². The maximum atomic E-state index is 12.9. The number of amides is 1. The van der Waals surface area contributed by atoms with Crippen molar-refractivity contribution in [3.8, 4) is 5.75 Å². The topological polar surface area (TPSA) is 42.7 Å². The van der Waals surface area contributed by atoms with Gasteiger partial charge in [-0.1, -0.05) is 42.5 Å². The normalized spacial score (nSPS) is 10.5. The number of hydrogen-bond acceptors (Lipinski definition) is 3. The summed E-state index contributed by atoms with van der Waals surface area (Å²) in [5, 5.41) is 0. The van der Waals surface area contributed by atoms with Crippen LogP contribution in [0.5, 0.6) is 5.75 Å². The van der Waals surface area contributed by atoms with Crippen LogP contribution < -0.4 is 4.74 Å². The minimum Gasteiger partial charge on any atom is -0.497 e. The summed E-state index contributed by atoms with van der Waals surface area (Å²) in [6.07, 6.45) is 0.344. The van der Waals surface area contributed by atoms with Gasteiger partial charge in [0.2, 0.25) is 5.91 Å². The van der Waals surface area contributed by atoms with Crippen molar-refractivity contribution < 1.29 is 13.9 Å². The number of hydrogen-bond donors (Lipinski definition) is 0. The van der Waals surface area contributed by atoms with Crippen LogP contribution in [0.15, 0.2) is 71.1 Å². The Morgan fingerprint density at radius 3 is 2.27 bits per heavy atom. The molecule has 0 saturated carbocycles. The van der Waals surface area contributed by atoms with Gasteiger partial charge in [-0.05, 0) is 42.3 Å². The number of methoxy groups -OCH3 is 1. The largest absolute Gasteiger partial charge is 0.497 e. The maximum Gasteiger partial charge on any atom is 0.227 e. The number of benzene rings is 2. The molecule has 3 rings (SSSR count). The molecular formula is C22H23NO3. The van der Waals surface area contributed by atoms with Crippen LogP contribution in [0.4, 0.5) is 0 Å². The van der Waals surface area contributed by atoms with Crippen molar-refractivity contribution in [3.63, 3.8) is 0 Å². The maximum absolute atomic E-state index is 12.9. The van der Waals surface area contributed by atoms with E-state index in [9.17, 15) is 4.79 Å². The zero-order valence-corrected chi connectivity index (χ0v) is 15.1. The fraction of sp³-hybridized carbons (Fsp3) is 0.227. The van der Waals surface area contributed by atoms with E-state index in [-0.39, 0.29) is 5.91 Å². The van der Waals surface area contributed by atoms with E-state index in [0.29, 0.717) is 19.5 Å². The molecule has 1 amide bonds. The highest BCUT2D eigenvalue weighted by Gasteiger charge is 2.17. The molecule has 26 heavy (non-hydrogen) atoms. The minimum absolute atomic E-state index is 0.0630. The van der Waals surface area contributed by atoms with Crippen LogP contribution in [0.3, 0.4) is 0 Å². The molecule has 134 valence electrons. The molecule has 1 aromatic heterocycles. The zero-order chi connectivity index (χ0) is 18.4. The summed E-state index contributed by atoms with van der Waals surface area (Å²) in [4.78, 5) is 14.8. The lowest BCUT2D eigenvalue weighted by molar-refractivity contribution is -0.132. The second-order valence-electron chi connectivity index (χ2n) is 6.27. The first-order valence-electron chi connectivity index (χ1n) is 8.64. The van der Waals surface area contributed by atoms with Crippen molar-refractivity contribution in [2.24, 2.45) is 0 Å². The molecule has 4 heteroatoms. The molecule has 0 atom stereocenters. The Kier molecular flexibility index (Phi) is 5.74. The molecule has 0 aliphatic carbocycles. The fourth-order valence-electron chi connectivity index (χ4n) is 2.82. The van der Waals surface area contributed by atoms with E-state index in [0.717, 1.165) is 28.4 Å². The molecule has 0 aliphatic rings. The fourth-order valence-corrected chi connectivity index (χ4v) is 2.82.